The van der Waals surface area contributed by atoms with Gasteiger partial charge in [0.05, 0.1) is 32.0 Å². The van der Waals surface area contributed by atoms with Crippen LogP contribution in [0.15, 0.2) is 36.4 Å². The molecule has 0 spiro atoms. The van der Waals surface area contributed by atoms with Gasteiger partial charge in [-0.3, -0.25) is 0 Å². The fraction of sp³-hybridized carbons (Fsp3) is 0.176. The van der Waals surface area contributed by atoms with Crippen LogP contribution in [-0.2, 0) is 13.2 Å². The lowest BCUT2D eigenvalue weighted by atomic mass is 10.0. The SMILES string of the molecule is COc1c(C(=O)Oc2ccc(C#N)cc2)ccc(CO)c1CO. The van der Waals surface area contributed by atoms with Gasteiger partial charge in [-0.25, -0.2) is 4.79 Å². The van der Waals surface area contributed by atoms with Crippen molar-refractivity contribution < 1.29 is 24.5 Å². The Kier molecular flexibility index (Phi) is 5.31. The molecule has 0 aliphatic heterocycles. The summed E-state index contributed by atoms with van der Waals surface area (Å²) >= 11 is 0. The molecule has 6 nitrogen and oxygen atoms in total. The molecule has 23 heavy (non-hydrogen) atoms. The molecule has 6 heteroatoms. The number of carbonyl (C=O) groups is 1. The third kappa shape index (κ3) is 3.48. The molecule has 0 aromatic heterocycles. The van der Waals surface area contributed by atoms with E-state index in [-0.39, 0.29) is 30.3 Å². The van der Waals surface area contributed by atoms with Crippen LogP contribution in [0.1, 0.15) is 27.0 Å². The van der Waals surface area contributed by atoms with Gasteiger partial charge in [0.1, 0.15) is 17.1 Å². The molecule has 0 aliphatic rings. The van der Waals surface area contributed by atoms with E-state index in [0.717, 1.165) is 0 Å². The largest absolute Gasteiger partial charge is 0.495 e. The Labute approximate surface area is 133 Å². The number of aliphatic hydroxyl groups excluding tert-OH is 2. The number of aliphatic hydroxyl groups is 2. The van der Waals surface area contributed by atoms with E-state index in [4.69, 9.17) is 14.7 Å². The van der Waals surface area contributed by atoms with Crippen LogP contribution in [0.4, 0.5) is 0 Å². The van der Waals surface area contributed by atoms with Gasteiger partial charge in [0.25, 0.3) is 0 Å². The van der Waals surface area contributed by atoms with Crippen molar-refractivity contribution in [3.63, 3.8) is 0 Å². The van der Waals surface area contributed by atoms with Crippen LogP contribution < -0.4 is 9.47 Å². The normalized spacial score (nSPS) is 10.0. The number of hydrogen-bond acceptors (Lipinski definition) is 6. The van der Waals surface area contributed by atoms with Crippen molar-refractivity contribution in [2.45, 2.75) is 13.2 Å². The van der Waals surface area contributed by atoms with Crippen LogP contribution in [0.2, 0.25) is 0 Å². The summed E-state index contributed by atoms with van der Waals surface area (Å²) in [5.41, 5.74) is 1.40. The standard InChI is InChI=1S/C17H15NO5/c1-22-16-14(7-4-12(9-19)15(16)10-20)17(21)23-13-5-2-11(8-18)3-6-13/h2-7,19-20H,9-10H2,1H3. The third-order valence-corrected chi connectivity index (χ3v) is 3.30. The minimum absolute atomic E-state index is 0.137. The zero-order chi connectivity index (χ0) is 16.8. The fourth-order valence-electron chi connectivity index (χ4n) is 2.14. The highest BCUT2D eigenvalue weighted by molar-refractivity contribution is 5.94. The smallest absolute Gasteiger partial charge is 0.347 e. The van der Waals surface area contributed by atoms with Gasteiger partial charge in [-0.2, -0.15) is 5.26 Å². The number of esters is 1. The Morgan fingerprint density at radius 2 is 1.83 bits per heavy atom. The van der Waals surface area contributed by atoms with Crippen molar-refractivity contribution in [3.05, 3.63) is 58.7 Å². The molecule has 0 aliphatic carbocycles. The van der Waals surface area contributed by atoms with Gasteiger partial charge in [0.2, 0.25) is 0 Å². The fourth-order valence-corrected chi connectivity index (χ4v) is 2.14. The molecule has 0 bridgehead atoms. The molecular weight excluding hydrogens is 298 g/mol. The predicted octanol–water partition coefficient (Wildman–Crippen LogP) is 1.77. The Balaban J connectivity index is 2.33. The first kappa shape index (κ1) is 16.5. The second kappa shape index (κ2) is 7.40. The number of methoxy groups -OCH3 is 1. The molecule has 2 aromatic carbocycles. The van der Waals surface area contributed by atoms with Crippen molar-refractivity contribution >= 4 is 5.97 Å². The van der Waals surface area contributed by atoms with E-state index >= 15 is 0 Å². The maximum Gasteiger partial charge on any atom is 0.347 e. The van der Waals surface area contributed by atoms with Gasteiger partial charge in [0.15, 0.2) is 0 Å². The first-order valence-corrected chi connectivity index (χ1v) is 6.77. The number of ether oxygens (including phenoxy) is 2. The van der Waals surface area contributed by atoms with E-state index in [1.54, 1.807) is 0 Å². The molecular formula is C17H15NO5. The lowest BCUT2D eigenvalue weighted by molar-refractivity contribution is 0.0730. The van der Waals surface area contributed by atoms with Crippen LogP contribution in [0, 0.1) is 11.3 Å². The summed E-state index contributed by atoms with van der Waals surface area (Å²) in [5.74, 6) is -0.212. The van der Waals surface area contributed by atoms with Gasteiger partial charge in [-0.05, 0) is 35.9 Å². The molecule has 0 amide bonds. The van der Waals surface area contributed by atoms with E-state index in [1.165, 1.54) is 43.5 Å². The van der Waals surface area contributed by atoms with Gasteiger partial charge in [-0.1, -0.05) is 6.07 Å². The average Bonchev–Trinajstić information content (AvgIpc) is 2.60. The highest BCUT2D eigenvalue weighted by atomic mass is 16.5. The molecule has 0 atom stereocenters. The Morgan fingerprint density at radius 1 is 1.13 bits per heavy atom. The second-order valence-corrected chi connectivity index (χ2v) is 4.63. The van der Waals surface area contributed by atoms with Gasteiger partial charge in [-0.15, -0.1) is 0 Å². The van der Waals surface area contributed by atoms with E-state index in [0.29, 0.717) is 16.7 Å². The Morgan fingerprint density at radius 3 is 2.35 bits per heavy atom. The summed E-state index contributed by atoms with van der Waals surface area (Å²) in [6, 6.07) is 11.1. The van der Waals surface area contributed by atoms with Crippen molar-refractivity contribution in [1.29, 1.82) is 5.26 Å². The number of hydrogen-bond donors (Lipinski definition) is 2. The number of nitriles is 1. The molecule has 0 saturated carbocycles. The van der Waals surface area contributed by atoms with Crippen LogP contribution in [0.3, 0.4) is 0 Å². The van der Waals surface area contributed by atoms with Crippen molar-refractivity contribution in [3.8, 4) is 17.6 Å². The zero-order valence-electron chi connectivity index (χ0n) is 12.4. The summed E-state index contributed by atoms with van der Waals surface area (Å²) in [7, 11) is 1.37. The molecule has 2 aromatic rings. The summed E-state index contributed by atoms with van der Waals surface area (Å²) < 4.78 is 10.4. The number of rotatable bonds is 5. The van der Waals surface area contributed by atoms with Gasteiger partial charge >= 0.3 is 5.97 Å². The summed E-state index contributed by atoms with van der Waals surface area (Å²) in [6.45, 7) is -0.658. The van der Waals surface area contributed by atoms with Crippen LogP contribution in [-0.4, -0.2) is 23.3 Å². The minimum Gasteiger partial charge on any atom is -0.495 e. The topological polar surface area (TPSA) is 99.8 Å². The van der Waals surface area contributed by atoms with E-state index < -0.39 is 5.97 Å². The summed E-state index contributed by atoms with van der Waals surface area (Å²) in [6.07, 6.45) is 0. The summed E-state index contributed by atoms with van der Waals surface area (Å²) in [5, 5.41) is 27.5. The molecule has 0 radical (unpaired) electrons. The summed E-state index contributed by atoms with van der Waals surface area (Å²) in [4.78, 5) is 12.3. The highest BCUT2D eigenvalue weighted by Crippen LogP contribution is 2.29. The van der Waals surface area contributed by atoms with Crippen LogP contribution in [0.25, 0.3) is 0 Å². The maximum atomic E-state index is 12.3. The highest BCUT2D eigenvalue weighted by Gasteiger charge is 2.20. The van der Waals surface area contributed by atoms with E-state index in [1.807, 2.05) is 6.07 Å². The average molecular weight is 313 g/mol. The minimum atomic E-state index is -0.661. The number of carbonyl (C=O) groups excluding carboxylic acids is 1. The van der Waals surface area contributed by atoms with Crippen molar-refractivity contribution in [2.75, 3.05) is 7.11 Å². The third-order valence-electron chi connectivity index (χ3n) is 3.30. The molecule has 0 saturated heterocycles. The molecule has 2 rings (SSSR count). The van der Waals surface area contributed by atoms with Crippen LogP contribution >= 0.6 is 0 Å². The van der Waals surface area contributed by atoms with Crippen LogP contribution in [0.5, 0.6) is 11.5 Å². The van der Waals surface area contributed by atoms with Gasteiger partial charge in [0, 0.05) is 5.56 Å². The zero-order valence-corrected chi connectivity index (χ0v) is 12.4. The number of nitrogens with zero attached hydrogens (tertiary/aromatic N) is 1. The molecule has 2 N–H and O–H groups in total. The van der Waals surface area contributed by atoms with Crippen molar-refractivity contribution in [2.24, 2.45) is 0 Å². The lowest BCUT2D eigenvalue weighted by Gasteiger charge is -2.14. The quantitative estimate of drug-likeness (QED) is 0.644. The van der Waals surface area contributed by atoms with Gasteiger partial charge < -0.3 is 19.7 Å². The van der Waals surface area contributed by atoms with Crippen molar-refractivity contribution in [1.82, 2.24) is 0 Å². The first-order chi connectivity index (χ1) is 11.1. The molecule has 0 unspecified atom stereocenters. The maximum absolute atomic E-state index is 12.3. The van der Waals surface area contributed by atoms with E-state index in [9.17, 15) is 15.0 Å². The predicted molar refractivity (Wildman–Crippen MR) is 81.0 cm³/mol. The number of benzene rings is 2. The Hall–Kier alpha value is -2.88. The lowest BCUT2D eigenvalue weighted by Crippen LogP contribution is -2.12. The molecule has 0 heterocycles. The Bertz CT molecular complexity index is 747. The first-order valence-electron chi connectivity index (χ1n) is 6.77. The molecule has 0 fully saturated rings. The second-order valence-electron chi connectivity index (χ2n) is 4.63. The molecule has 118 valence electrons. The van der Waals surface area contributed by atoms with E-state index in [2.05, 4.69) is 0 Å². The monoisotopic (exact) mass is 313 g/mol.